The van der Waals surface area contributed by atoms with Crippen molar-refractivity contribution in [3.63, 3.8) is 0 Å². The Morgan fingerprint density at radius 2 is 2.25 bits per heavy atom. The lowest BCUT2D eigenvalue weighted by Gasteiger charge is -2.03. The van der Waals surface area contributed by atoms with Gasteiger partial charge in [0.2, 0.25) is 0 Å². The van der Waals surface area contributed by atoms with Crippen molar-refractivity contribution in [3.8, 4) is 11.3 Å². The van der Waals surface area contributed by atoms with Crippen molar-refractivity contribution in [3.05, 3.63) is 35.0 Å². The molecular formula is C11H13ClN4. The third kappa shape index (κ3) is 1.94. The first-order valence-corrected chi connectivity index (χ1v) is 5.52. The first-order valence-electron chi connectivity index (χ1n) is 5.14. The van der Waals surface area contributed by atoms with Crippen molar-refractivity contribution in [1.29, 1.82) is 0 Å². The van der Waals surface area contributed by atoms with E-state index in [1.807, 2.05) is 31.2 Å². The van der Waals surface area contributed by atoms with Crippen molar-refractivity contribution in [1.82, 2.24) is 15.0 Å². The summed E-state index contributed by atoms with van der Waals surface area (Å²) in [5, 5.41) is 8.89. The van der Waals surface area contributed by atoms with Gasteiger partial charge in [-0.25, -0.2) is 4.68 Å². The summed E-state index contributed by atoms with van der Waals surface area (Å²) in [6.07, 6.45) is 0. The molecule has 0 radical (unpaired) electrons. The Bertz CT molecular complexity index is 492. The van der Waals surface area contributed by atoms with Crippen molar-refractivity contribution in [2.75, 3.05) is 0 Å². The predicted octanol–water partition coefficient (Wildman–Crippen LogP) is 2.08. The molecule has 0 amide bonds. The van der Waals surface area contributed by atoms with Gasteiger partial charge in [-0.2, -0.15) is 0 Å². The van der Waals surface area contributed by atoms with Crippen LogP contribution in [0.15, 0.2) is 24.3 Å². The van der Waals surface area contributed by atoms with Crippen LogP contribution in [0.4, 0.5) is 0 Å². The first-order chi connectivity index (χ1) is 7.76. The molecule has 2 aromatic rings. The molecule has 0 aliphatic heterocycles. The summed E-state index contributed by atoms with van der Waals surface area (Å²) in [7, 11) is 0. The molecule has 0 fully saturated rings. The molecule has 5 heteroatoms. The maximum Gasteiger partial charge on any atom is 0.117 e. The predicted molar refractivity (Wildman–Crippen MR) is 64.0 cm³/mol. The summed E-state index contributed by atoms with van der Waals surface area (Å²) < 4.78 is 1.80. The van der Waals surface area contributed by atoms with E-state index in [4.69, 9.17) is 17.3 Å². The topological polar surface area (TPSA) is 56.7 Å². The lowest BCUT2D eigenvalue weighted by molar-refractivity contribution is 0.598. The molecule has 2 N–H and O–H groups in total. The Morgan fingerprint density at radius 1 is 1.44 bits per heavy atom. The Labute approximate surface area is 99.0 Å². The van der Waals surface area contributed by atoms with Gasteiger partial charge in [-0.3, -0.25) is 0 Å². The number of halogens is 1. The minimum atomic E-state index is 0.419. The number of nitrogens with two attached hydrogens (primary N) is 1. The second kappa shape index (κ2) is 4.63. The van der Waals surface area contributed by atoms with Crippen LogP contribution < -0.4 is 5.73 Å². The summed E-state index contributed by atoms with van der Waals surface area (Å²) in [4.78, 5) is 0. The number of aromatic nitrogens is 3. The third-order valence-corrected chi connectivity index (χ3v) is 2.66. The van der Waals surface area contributed by atoms with E-state index in [2.05, 4.69) is 10.3 Å². The van der Waals surface area contributed by atoms with Crippen molar-refractivity contribution < 1.29 is 0 Å². The van der Waals surface area contributed by atoms with Gasteiger partial charge >= 0.3 is 0 Å². The first kappa shape index (κ1) is 11.1. The lowest BCUT2D eigenvalue weighted by atomic mass is 10.1. The van der Waals surface area contributed by atoms with Crippen molar-refractivity contribution in [2.24, 2.45) is 5.73 Å². The van der Waals surface area contributed by atoms with Crippen LogP contribution >= 0.6 is 11.6 Å². The van der Waals surface area contributed by atoms with Crippen LogP contribution in [-0.4, -0.2) is 15.0 Å². The number of hydrogen-bond acceptors (Lipinski definition) is 3. The zero-order valence-corrected chi connectivity index (χ0v) is 9.78. The molecule has 1 aromatic heterocycles. The van der Waals surface area contributed by atoms with E-state index in [-0.39, 0.29) is 0 Å². The Kier molecular flexibility index (Phi) is 3.22. The molecule has 1 aromatic carbocycles. The quantitative estimate of drug-likeness (QED) is 0.888. The van der Waals surface area contributed by atoms with Crippen LogP contribution in [0.3, 0.4) is 0 Å². The number of benzene rings is 1. The fraction of sp³-hybridized carbons (Fsp3) is 0.273. The maximum atomic E-state index is 5.94. The molecular weight excluding hydrogens is 224 g/mol. The van der Waals surface area contributed by atoms with Crippen LogP contribution in [0.2, 0.25) is 5.02 Å². The molecule has 0 atom stereocenters. The zero-order valence-electron chi connectivity index (χ0n) is 9.02. The highest BCUT2D eigenvalue weighted by Crippen LogP contribution is 2.23. The van der Waals surface area contributed by atoms with Gasteiger partial charge in [0, 0.05) is 23.7 Å². The van der Waals surface area contributed by atoms with E-state index in [0.29, 0.717) is 11.6 Å². The Hall–Kier alpha value is -1.39. The molecule has 2 rings (SSSR count). The van der Waals surface area contributed by atoms with E-state index in [1.54, 1.807) is 4.68 Å². The van der Waals surface area contributed by atoms with Gasteiger partial charge in [-0.15, -0.1) is 5.10 Å². The fourth-order valence-electron chi connectivity index (χ4n) is 1.65. The Morgan fingerprint density at radius 3 is 2.88 bits per heavy atom. The molecule has 0 saturated heterocycles. The molecule has 1 heterocycles. The van der Waals surface area contributed by atoms with Gasteiger partial charge in [0.05, 0.1) is 5.69 Å². The van der Waals surface area contributed by atoms with Gasteiger partial charge < -0.3 is 5.73 Å². The summed E-state index contributed by atoms with van der Waals surface area (Å²) >= 11 is 5.94. The number of aryl methyl sites for hydroxylation is 1. The molecule has 0 aliphatic carbocycles. The Balaban J connectivity index is 2.51. The minimum absolute atomic E-state index is 0.419. The van der Waals surface area contributed by atoms with E-state index in [1.165, 1.54) is 0 Å². The highest BCUT2D eigenvalue weighted by Gasteiger charge is 2.12. The highest BCUT2D eigenvalue weighted by molar-refractivity contribution is 6.30. The van der Waals surface area contributed by atoms with Gasteiger partial charge in [-0.05, 0) is 19.1 Å². The maximum absolute atomic E-state index is 5.94. The normalized spacial score (nSPS) is 10.7. The molecule has 0 spiro atoms. The van der Waals surface area contributed by atoms with E-state index in [0.717, 1.165) is 23.5 Å². The second-order valence-corrected chi connectivity index (χ2v) is 3.85. The molecule has 16 heavy (non-hydrogen) atoms. The summed E-state index contributed by atoms with van der Waals surface area (Å²) in [6, 6.07) is 7.54. The molecule has 84 valence electrons. The van der Waals surface area contributed by atoms with Crippen LogP contribution in [-0.2, 0) is 13.1 Å². The average molecular weight is 237 g/mol. The molecule has 4 nitrogen and oxygen atoms in total. The zero-order chi connectivity index (χ0) is 11.5. The van der Waals surface area contributed by atoms with E-state index in [9.17, 15) is 0 Å². The van der Waals surface area contributed by atoms with E-state index >= 15 is 0 Å². The van der Waals surface area contributed by atoms with Crippen molar-refractivity contribution in [2.45, 2.75) is 20.0 Å². The monoisotopic (exact) mass is 236 g/mol. The second-order valence-electron chi connectivity index (χ2n) is 3.41. The van der Waals surface area contributed by atoms with Gasteiger partial charge in [-0.1, -0.05) is 28.9 Å². The number of hydrogen-bond donors (Lipinski definition) is 1. The lowest BCUT2D eigenvalue weighted by Crippen LogP contribution is -2.08. The smallest absolute Gasteiger partial charge is 0.117 e. The van der Waals surface area contributed by atoms with Crippen LogP contribution in [0.5, 0.6) is 0 Å². The molecule has 0 aliphatic rings. The molecule has 0 saturated carbocycles. The highest BCUT2D eigenvalue weighted by atomic mass is 35.5. The largest absolute Gasteiger partial charge is 0.325 e. The van der Waals surface area contributed by atoms with E-state index < -0.39 is 0 Å². The summed E-state index contributed by atoms with van der Waals surface area (Å²) in [6.45, 7) is 3.19. The van der Waals surface area contributed by atoms with Gasteiger partial charge in [0.1, 0.15) is 5.69 Å². The van der Waals surface area contributed by atoms with Crippen LogP contribution in [0, 0.1) is 0 Å². The van der Waals surface area contributed by atoms with Gasteiger partial charge in [0.15, 0.2) is 0 Å². The molecule has 0 unspecified atom stereocenters. The number of nitrogens with zero attached hydrogens (tertiary/aromatic N) is 3. The minimum Gasteiger partial charge on any atom is -0.325 e. The third-order valence-electron chi connectivity index (χ3n) is 2.43. The fourth-order valence-corrected chi connectivity index (χ4v) is 1.84. The summed E-state index contributed by atoms with van der Waals surface area (Å²) in [5.74, 6) is 0. The van der Waals surface area contributed by atoms with Crippen LogP contribution in [0.25, 0.3) is 11.3 Å². The van der Waals surface area contributed by atoms with Crippen molar-refractivity contribution >= 4 is 11.6 Å². The number of rotatable bonds is 3. The standard InChI is InChI=1S/C11H13ClN4/c1-2-16-10(7-13)11(14-15-16)8-4-3-5-9(12)6-8/h3-6H,2,7,13H2,1H3. The molecule has 0 bridgehead atoms. The van der Waals surface area contributed by atoms with Gasteiger partial charge in [0.25, 0.3) is 0 Å². The van der Waals surface area contributed by atoms with Crippen LogP contribution in [0.1, 0.15) is 12.6 Å². The average Bonchev–Trinajstić information content (AvgIpc) is 2.71. The SMILES string of the molecule is CCn1nnc(-c2cccc(Cl)c2)c1CN. The summed E-state index contributed by atoms with van der Waals surface area (Å²) in [5.41, 5.74) is 8.41.